The van der Waals surface area contributed by atoms with Crippen LogP contribution in [0.3, 0.4) is 0 Å². The molecule has 0 aromatic heterocycles. The molecule has 134 valence electrons. The molecule has 0 radical (unpaired) electrons. The summed E-state index contributed by atoms with van der Waals surface area (Å²) in [7, 11) is 0. The van der Waals surface area contributed by atoms with Crippen LogP contribution in [0.25, 0.3) is 0 Å². The Balaban J connectivity index is 1.78. The molecule has 2 amide bonds. The Bertz CT molecular complexity index is 519. The minimum atomic E-state index is -0.422. The fraction of sp³-hybridized carbons (Fsp3) is 0.632. The number of urea groups is 1. The van der Waals surface area contributed by atoms with Crippen LogP contribution >= 0.6 is 0 Å². The van der Waals surface area contributed by atoms with Crippen molar-refractivity contribution in [1.82, 2.24) is 16.0 Å². The number of amides is 2. The SMILES string of the molecule is CC(NC(C)(C)CNC(=O)NC1CCCCC1O)c1ccccc1. The molecule has 3 unspecified atom stereocenters. The molecule has 1 fully saturated rings. The molecule has 5 nitrogen and oxygen atoms in total. The summed E-state index contributed by atoms with van der Waals surface area (Å²) < 4.78 is 0. The molecule has 0 heterocycles. The molecule has 4 N–H and O–H groups in total. The lowest BCUT2D eigenvalue weighted by atomic mass is 9.93. The van der Waals surface area contributed by atoms with Gasteiger partial charge in [-0.2, -0.15) is 0 Å². The Hall–Kier alpha value is -1.59. The van der Waals surface area contributed by atoms with Gasteiger partial charge < -0.3 is 21.1 Å². The van der Waals surface area contributed by atoms with Gasteiger partial charge in [0.2, 0.25) is 0 Å². The smallest absolute Gasteiger partial charge is 0.315 e. The van der Waals surface area contributed by atoms with Gasteiger partial charge in [0.1, 0.15) is 0 Å². The third-order valence-corrected chi connectivity index (χ3v) is 4.64. The molecule has 5 heteroatoms. The lowest BCUT2D eigenvalue weighted by Crippen LogP contribution is -2.54. The maximum absolute atomic E-state index is 12.1. The van der Waals surface area contributed by atoms with E-state index >= 15 is 0 Å². The number of aliphatic hydroxyl groups excluding tert-OH is 1. The van der Waals surface area contributed by atoms with Crippen LogP contribution in [0.4, 0.5) is 4.79 Å². The maximum atomic E-state index is 12.1. The van der Waals surface area contributed by atoms with Crippen molar-refractivity contribution in [2.24, 2.45) is 0 Å². The fourth-order valence-electron chi connectivity index (χ4n) is 3.26. The van der Waals surface area contributed by atoms with Crippen molar-refractivity contribution in [1.29, 1.82) is 0 Å². The molecule has 1 saturated carbocycles. The second kappa shape index (κ2) is 8.49. The van der Waals surface area contributed by atoms with Crippen LogP contribution in [0.1, 0.15) is 58.1 Å². The first kappa shape index (κ1) is 18.7. The van der Waals surface area contributed by atoms with Crippen LogP contribution < -0.4 is 16.0 Å². The molecule has 1 aliphatic carbocycles. The van der Waals surface area contributed by atoms with Crippen LogP contribution in [0.2, 0.25) is 0 Å². The summed E-state index contributed by atoms with van der Waals surface area (Å²) in [6, 6.07) is 10.1. The molecule has 1 aromatic carbocycles. The van der Waals surface area contributed by atoms with E-state index in [1.807, 2.05) is 18.2 Å². The van der Waals surface area contributed by atoms with Crippen molar-refractivity contribution in [2.45, 2.75) is 70.2 Å². The molecule has 0 spiro atoms. The highest BCUT2D eigenvalue weighted by molar-refractivity contribution is 5.74. The second-order valence-electron chi connectivity index (χ2n) is 7.45. The molecule has 0 bridgehead atoms. The summed E-state index contributed by atoms with van der Waals surface area (Å²) in [5, 5.41) is 19.3. The highest BCUT2D eigenvalue weighted by atomic mass is 16.3. The summed E-state index contributed by atoms with van der Waals surface area (Å²) in [5.74, 6) is 0. The summed E-state index contributed by atoms with van der Waals surface area (Å²) in [4.78, 5) is 12.1. The van der Waals surface area contributed by atoms with Crippen molar-refractivity contribution in [3.63, 3.8) is 0 Å². The Kier molecular flexibility index (Phi) is 6.63. The van der Waals surface area contributed by atoms with E-state index < -0.39 is 6.10 Å². The van der Waals surface area contributed by atoms with Crippen LogP contribution in [-0.2, 0) is 0 Å². The van der Waals surface area contributed by atoms with E-state index in [0.717, 1.165) is 25.7 Å². The molecule has 0 aliphatic heterocycles. The van der Waals surface area contributed by atoms with E-state index in [0.29, 0.717) is 6.54 Å². The van der Waals surface area contributed by atoms with E-state index in [-0.39, 0.29) is 23.7 Å². The number of benzene rings is 1. The monoisotopic (exact) mass is 333 g/mol. The lowest BCUT2D eigenvalue weighted by Gasteiger charge is -2.32. The molecule has 1 aromatic rings. The lowest BCUT2D eigenvalue weighted by molar-refractivity contribution is 0.0941. The first-order valence-corrected chi connectivity index (χ1v) is 8.92. The molecule has 1 aliphatic rings. The zero-order valence-corrected chi connectivity index (χ0v) is 15.0. The van der Waals surface area contributed by atoms with E-state index in [2.05, 4.69) is 48.9 Å². The normalized spacial score (nSPS) is 22.7. The van der Waals surface area contributed by atoms with Crippen LogP contribution in [0.5, 0.6) is 0 Å². The molecule has 0 saturated heterocycles. The quantitative estimate of drug-likeness (QED) is 0.647. The standard InChI is InChI=1S/C19H31N3O2/c1-14(15-9-5-4-6-10-15)22-19(2,3)13-20-18(24)21-16-11-7-8-12-17(16)23/h4-6,9-10,14,16-17,22-23H,7-8,11-13H2,1-3H3,(H2,20,21,24). The summed E-state index contributed by atoms with van der Waals surface area (Å²) in [6.45, 7) is 6.78. The predicted molar refractivity (Wildman–Crippen MR) is 96.9 cm³/mol. The Morgan fingerprint density at radius 3 is 2.58 bits per heavy atom. The molecular weight excluding hydrogens is 302 g/mol. The van der Waals surface area contributed by atoms with Gasteiger partial charge >= 0.3 is 6.03 Å². The zero-order chi connectivity index (χ0) is 17.6. The Labute approximate surface area is 145 Å². The number of carbonyl (C=O) groups excluding carboxylic acids is 1. The Morgan fingerprint density at radius 2 is 1.92 bits per heavy atom. The fourth-order valence-corrected chi connectivity index (χ4v) is 3.26. The second-order valence-corrected chi connectivity index (χ2v) is 7.45. The average molecular weight is 333 g/mol. The van der Waals surface area contributed by atoms with Gasteiger partial charge in [-0.15, -0.1) is 0 Å². The van der Waals surface area contributed by atoms with Gasteiger partial charge in [0.15, 0.2) is 0 Å². The van der Waals surface area contributed by atoms with Gasteiger partial charge in [-0.05, 0) is 39.2 Å². The minimum Gasteiger partial charge on any atom is -0.391 e. The average Bonchev–Trinajstić information content (AvgIpc) is 2.56. The number of rotatable bonds is 6. The van der Waals surface area contributed by atoms with Crippen molar-refractivity contribution < 1.29 is 9.90 Å². The minimum absolute atomic E-state index is 0.127. The zero-order valence-electron chi connectivity index (χ0n) is 15.0. The van der Waals surface area contributed by atoms with E-state index in [9.17, 15) is 9.90 Å². The number of hydrogen-bond donors (Lipinski definition) is 4. The third kappa shape index (κ3) is 5.80. The summed E-state index contributed by atoms with van der Waals surface area (Å²) in [6.07, 6.45) is 3.29. The van der Waals surface area contributed by atoms with Crippen molar-refractivity contribution in [2.75, 3.05) is 6.54 Å². The number of hydrogen-bond acceptors (Lipinski definition) is 3. The highest BCUT2D eigenvalue weighted by Gasteiger charge is 2.26. The topological polar surface area (TPSA) is 73.4 Å². The summed E-state index contributed by atoms with van der Waals surface area (Å²) >= 11 is 0. The molecule has 24 heavy (non-hydrogen) atoms. The molecule has 2 rings (SSSR count). The van der Waals surface area contributed by atoms with E-state index in [1.165, 1.54) is 5.56 Å². The first-order valence-electron chi connectivity index (χ1n) is 8.92. The number of nitrogens with one attached hydrogen (secondary N) is 3. The van der Waals surface area contributed by atoms with Crippen LogP contribution in [-0.4, -0.2) is 35.4 Å². The van der Waals surface area contributed by atoms with Gasteiger partial charge in [-0.1, -0.05) is 43.2 Å². The summed E-state index contributed by atoms with van der Waals surface area (Å²) in [5.41, 5.74) is 0.984. The van der Waals surface area contributed by atoms with Crippen LogP contribution in [0.15, 0.2) is 30.3 Å². The van der Waals surface area contributed by atoms with E-state index in [4.69, 9.17) is 0 Å². The number of carbonyl (C=O) groups is 1. The van der Waals surface area contributed by atoms with Crippen molar-refractivity contribution in [3.8, 4) is 0 Å². The van der Waals surface area contributed by atoms with Gasteiger partial charge in [-0.25, -0.2) is 4.79 Å². The van der Waals surface area contributed by atoms with Crippen molar-refractivity contribution >= 4 is 6.03 Å². The van der Waals surface area contributed by atoms with Crippen LogP contribution in [0, 0.1) is 0 Å². The molecule has 3 atom stereocenters. The van der Waals surface area contributed by atoms with Gasteiger partial charge in [0, 0.05) is 18.1 Å². The van der Waals surface area contributed by atoms with E-state index in [1.54, 1.807) is 0 Å². The largest absolute Gasteiger partial charge is 0.391 e. The first-order chi connectivity index (χ1) is 11.4. The van der Waals surface area contributed by atoms with Gasteiger partial charge in [0.25, 0.3) is 0 Å². The van der Waals surface area contributed by atoms with Crippen molar-refractivity contribution in [3.05, 3.63) is 35.9 Å². The predicted octanol–water partition coefficient (Wildman–Crippen LogP) is 2.72. The third-order valence-electron chi connectivity index (χ3n) is 4.64. The molecular formula is C19H31N3O2. The number of aliphatic hydroxyl groups is 1. The Morgan fingerprint density at radius 1 is 1.25 bits per heavy atom. The maximum Gasteiger partial charge on any atom is 0.315 e. The van der Waals surface area contributed by atoms with Gasteiger partial charge in [-0.3, -0.25) is 0 Å². The highest BCUT2D eigenvalue weighted by Crippen LogP contribution is 2.18. The van der Waals surface area contributed by atoms with Gasteiger partial charge in [0.05, 0.1) is 12.1 Å².